The summed E-state index contributed by atoms with van der Waals surface area (Å²) in [6, 6.07) is 0. The highest BCUT2D eigenvalue weighted by molar-refractivity contribution is 5.69. The zero-order valence-electron chi connectivity index (χ0n) is 8.57. The van der Waals surface area contributed by atoms with Gasteiger partial charge in [-0.05, 0) is 19.8 Å². The average Bonchev–Trinajstić information content (AvgIpc) is 2.12. The molecule has 0 aromatic rings. The van der Waals surface area contributed by atoms with Gasteiger partial charge in [0.2, 0.25) is 0 Å². The minimum Gasteiger partial charge on any atom is -0.466 e. The highest BCUT2D eigenvalue weighted by Gasteiger charge is 2.03. The van der Waals surface area contributed by atoms with Crippen molar-refractivity contribution < 1.29 is 19.4 Å². The number of carbonyl (C=O) groups is 2. The van der Waals surface area contributed by atoms with E-state index in [-0.39, 0.29) is 12.6 Å². The van der Waals surface area contributed by atoms with Gasteiger partial charge in [0.15, 0.2) is 0 Å². The minimum absolute atomic E-state index is 0.253. The minimum atomic E-state index is -0.433. The van der Waals surface area contributed by atoms with E-state index in [1.165, 1.54) is 0 Å². The normalized spacial score (nSPS) is 12.1. The Morgan fingerprint density at radius 3 is 2.79 bits per heavy atom. The lowest BCUT2D eigenvalue weighted by Crippen LogP contribution is -2.10. The first-order valence-corrected chi connectivity index (χ1v) is 4.94. The zero-order valence-corrected chi connectivity index (χ0v) is 8.57. The number of esters is 1. The maximum absolute atomic E-state index is 11.0. The Hall–Kier alpha value is -0.900. The number of rotatable bonds is 8. The van der Waals surface area contributed by atoms with Crippen LogP contribution < -0.4 is 0 Å². The second-order valence-electron chi connectivity index (χ2n) is 3.27. The van der Waals surface area contributed by atoms with Crippen molar-refractivity contribution in [1.29, 1.82) is 0 Å². The molecule has 1 N–H and O–H groups in total. The van der Waals surface area contributed by atoms with E-state index in [9.17, 15) is 9.59 Å². The van der Waals surface area contributed by atoms with Crippen LogP contribution in [0.25, 0.3) is 0 Å². The van der Waals surface area contributed by atoms with E-state index in [1.54, 1.807) is 6.92 Å². The maximum atomic E-state index is 11.0. The smallest absolute Gasteiger partial charge is 0.305 e. The number of hydrogen-bond donors (Lipinski definition) is 1. The van der Waals surface area contributed by atoms with E-state index >= 15 is 0 Å². The highest BCUT2D eigenvalue weighted by atomic mass is 16.5. The third kappa shape index (κ3) is 9.19. The van der Waals surface area contributed by atoms with Gasteiger partial charge in [-0.3, -0.25) is 4.79 Å². The lowest BCUT2D eigenvalue weighted by Gasteiger charge is -2.05. The Morgan fingerprint density at radius 1 is 1.50 bits per heavy atom. The van der Waals surface area contributed by atoms with Gasteiger partial charge in [-0.15, -0.1) is 0 Å². The van der Waals surface area contributed by atoms with Gasteiger partial charge in [-0.25, -0.2) is 0 Å². The molecule has 1 unspecified atom stereocenters. The van der Waals surface area contributed by atoms with Crippen LogP contribution in [0.1, 0.15) is 39.0 Å². The van der Waals surface area contributed by atoms with Crippen molar-refractivity contribution >= 4 is 12.3 Å². The molecule has 0 aromatic heterocycles. The van der Waals surface area contributed by atoms with Gasteiger partial charge in [-0.2, -0.15) is 0 Å². The summed E-state index contributed by atoms with van der Waals surface area (Å²) >= 11 is 0. The molecule has 0 saturated heterocycles. The number of aldehydes is 1. The van der Waals surface area contributed by atoms with E-state index in [2.05, 4.69) is 0 Å². The summed E-state index contributed by atoms with van der Waals surface area (Å²) in [5.74, 6) is -0.253. The summed E-state index contributed by atoms with van der Waals surface area (Å²) < 4.78 is 4.85. The molecule has 4 heteroatoms. The van der Waals surface area contributed by atoms with E-state index in [1.807, 2.05) is 0 Å². The predicted molar refractivity (Wildman–Crippen MR) is 51.8 cm³/mol. The molecule has 1 atom stereocenters. The number of ether oxygens (including phenoxy) is 1. The predicted octanol–water partition coefficient (Wildman–Crippen LogP) is 1.06. The molecule has 82 valence electrons. The van der Waals surface area contributed by atoms with Crippen molar-refractivity contribution in [2.75, 3.05) is 6.61 Å². The molecule has 0 bridgehead atoms. The number of aliphatic hydroxyl groups is 1. The van der Waals surface area contributed by atoms with Crippen molar-refractivity contribution in [1.82, 2.24) is 0 Å². The second kappa shape index (κ2) is 8.69. The van der Waals surface area contributed by atoms with Gasteiger partial charge >= 0.3 is 5.97 Å². The van der Waals surface area contributed by atoms with Crippen molar-refractivity contribution in [2.24, 2.45) is 0 Å². The van der Waals surface area contributed by atoms with Gasteiger partial charge in [-0.1, -0.05) is 0 Å². The Balaban J connectivity index is 3.23. The summed E-state index contributed by atoms with van der Waals surface area (Å²) in [6.07, 6.45) is 3.16. The third-order valence-electron chi connectivity index (χ3n) is 1.75. The quantitative estimate of drug-likeness (QED) is 0.363. The lowest BCUT2D eigenvalue weighted by molar-refractivity contribution is -0.144. The fourth-order valence-electron chi connectivity index (χ4n) is 0.912. The Kier molecular flexibility index (Phi) is 8.13. The fraction of sp³-hybridized carbons (Fsp3) is 0.800. The fourth-order valence-corrected chi connectivity index (χ4v) is 0.912. The first kappa shape index (κ1) is 13.1. The van der Waals surface area contributed by atoms with Crippen LogP contribution in [0.3, 0.4) is 0 Å². The molecule has 0 aliphatic carbocycles. The molecule has 0 aromatic carbocycles. The van der Waals surface area contributed by atoms with E-state index in [0.29, 0.717) is 25.7 Å². The van der Waals surface area contributed by atoms with Crippen LogP contribution in [0.15, 0.2) is 0 Å². The van der Waals surface area contributed by atoms with Gasteiger partial charge in [0, 0.05) is 19.3 Å². The molecule has 0 saturated carbocycles. The first-order chi connectivity index (χ1) is 6.66. The van der Waals surface area contributed by atoms with Crippen molar-refractivity contribution in [3.63, 3.8) is 0 Å². The molecule has 0 rings (SSSR count). The summed E-state index contributed by atoms with van der Waals surface area (Å²) in [6.45, 7) is 1.92. The molecule has 0 amide bonds. The largest absolute Gasteiger partial charge is 0.466 e. The molecule has 0 spiro atoms. The van der Waals surface area contributed by atoms with Crippen molar-refractivity contribution in [2.45, 2.75) is 45.1 Å². The van der Waals surface area contributed by atoms with E-state index in [4.69, 9.17) is 9.84 Å². The monoisotopic (exact) mass is 202 g/mol. The molecule has 0 fully saturated rings. The molecule has 0 aliphatic rings. The average molecular weight is 202 g/mol. The van der Waals surface area contributed by atoms with E-state index in [0.717, 1.165) is 12.7 Å². The van der Waals surface area contributed by atoms with Crippen LogP contribution in [0.2, 0.25) is 0 Å². The first-order valence-electron chi connectivity index (χ1n) is 4.94. The molecule has 0 aliphatic heterocycles. The highest BCUT2D eigenvalue weighted by Crippen LogP contribution is 2.00. The summed E-state index contributed by atoms with van der Waals surface area (Å²) in [5, 5.41) is 8.88. The number of carbonyl (C=O) groups excluding carboxylic acids is 2. The SMILES string of the molecule is CC(O)CCOC(=O)CCCCC=O. The Labute approximate surface area is 84.3 Å². The van der Waals surface area contributed by atoms with Crippen LogP contribution >= 0.6 is 0 Å². The Bertz CT molecular complexity index is 166. The van der Waals surface area contributed by atoms with Gasteiger partial charge in [0.05, 0.1) is 12.7 Å². The number of unbranched alkanes of at least 4 members (excludes halogenated alkanes) is 2. The van der Waals surface area contributed by atoms with Crippen LogP contribution in [0, 0.1) is 0 Å². The zero-order chi connectivity index (χ0) is 10.8. The molecule has 14 heavy (non-hydrogen) atoms. The Morgan fingerprint density at radius 2 is 2.21 bits per heavy atom. The summed E-state index contributed by atoms with van der Waals surface area (Å²) in [4.78, 5) is 20.9. The summed E-state index contributed by atoms with van der Waals surface area (Å²) in [7, 11) is 0. The topological polar surface area (TPSA) is 63.6 Å². The van der Waals surface area contributed by atoms with Gasteiger partial charge in [0.1, 0.15) is 6.29 Å². The second-order valence-corrected chi connectivity index (χ2v) is 3.27. The number of hydrogen-bond acceptors (Lipinski definition) is 4. The molecular weight excluding hydrogens is 184 g/mol. The molecule has 0 heterocycles. The van der Waals surface area contributed by atoms with Crippen molar-refractivity contribution in [3.05, 3.63) is 0 Å². The molecular formula is C10H18O4. The van der Waals surface area contributed by atoms with Gasteiger partial charge < -0.3 is 14.6 Å². The molecule has 4 nitrogen and oxygen atoms in total. The van der Waals surface area contributed by atoms with Crippen LogP contribution in [0.4, 0.5) is 0 Å². The lowest BCUT2D eigenvalue weighted by atomic mass is 10.2. The number of aliphatic hydroxyl groups excluding tert-OH is 1. The van der Waals surface area contributed by atoms with Crippen molar-refractivity contribution in [3.8, 4) is 0 Å². The van der Waals surface area contributed by atoms with Crippen LogP contribution in [0.5, 0.6) is 0 Å². The standard InChI is InChI=1S/C10H18O4/c1-9(12)6-8-14-10(13)5-3-2-4-7-11/h7,9,12H,2-6,8H2,1H3. The van der Waals surface area contributed by atoms with Crippen LogP contribution in [-0.4, -0.2) is 30.1 Å². The summed E-state index contributed by atoms with van der Waals surface area (Å²) in [5.41, 5.74) is 0. The third-order valence-corrected chi connectivity index (χ3v) is 1.75. The maximum Gasteiger partial charge on any atom is 0.305 e. The van der Waals surface area contributed by atoms with Gasteiger partial charge in [0.25, 0.3) is 0 Å². The molecule has 0 radical (unpaired) electrons. The van der Waals surface area contributed by atoms with Crippen LogP contribution in [-0.2, 0) is 14.3 Å². The van der Waals surface area contributed by atoms with E-state index < -0.39 is 6.10 Å².